The fourth-order valence-electron chi connectivity index (χ4n) is 2.10. The highest BCUT2D eigenvalue weighted by Gasteiger charge is 2.21. The van der Waals surface area contributed by atoms with Gasteiger partial charge in [0.25, 0.3) is 0 Å². The lowest BCUT2D eigenvalue weighted by Gasteiger charge is -2.16. The smallest absolute Gasteiger partial charge is 0.240 e. The molecule has 0 spiro atoms. The van der Waals surface area contributed by atoms with Gasteiger partial charge in [0.1, 0.15) is 5.75 Å². The second kappa shape index (κ2) is 5.19. The number of methoxy groups -OCH3 is 1. The number of nitrogens with two attached hydrogens (primary N) is 1. The van der Waals surface area contributed by atoms with Crippen molar-refractivity contribution in [3.05, 3.63) is 27.6 Å². The van der Waals surface area contributed by atoms with Crippen LogP contribution in [0, 0.1) is 20.8 Å². The molecule has 1 aromatic heterocycles. The van der Waals surface area contributed by atoms with E-state index in [-0.39, 0.29) is 6.54 Å². The van der Waals surface area contributed by atoms with Crippen molar-refractivity contribution in [1.29, 1.82) is 0 Å². The molecule has 5 nitrogen and oxygen atoms in total. The monoisotopic (exact) mass is 281 g/mol. The molecule has 0 amide bonds. The van der Waals surface area contributed by atoms with E-state index in [4.69, 9.17) is 26.6 Å². The zero-order valence-electron chi connectivity index (χ0n) is 11.4. The summed E-state index contributed by atoms with van der Waals surface area (Å²) in [7, 11) is 1.60. The van der Waals surface area contributed by atoms with Crippen molar-refractivity contribution in [3.63, 3.8) is 0 Å². The molecule has 0 bridgehead atoms. The Kier molecular flexibility index (Phi) is 3.78. The van der Waals surface area contributed by atoms with Gasteiger partial charge in [0.2, 0.25) is 11.7 Å². The Morgan fingerprint density at radius 2 is 1.89 bits per heavy atom. The molecule has 19 heavy (non-hydrogen) atoms. The minimum Gasteiger partial charge on any atom is -0.495 e. The SMILES string of the molecule is COc1c(C)c(C)c(-c2noc(CN)n2)c(C)c1Cl. The maximum absolute atomic E-state index is 6.33. The fraction of sp³-hybridized carbons (Fsp3) is 0.385. The van der Waals surface area contributed by atoms with Crippen LogP contribution in [-0.4, -0.2) is 17.3 Å². The van der Waals surface area contributed by atoms with Gasteiger partial charge >= 0.3 is 0 Å². The standard InChI is InChI=1S/C13H16ClN3O2/c1-6-7(2)12(18-4)11(14)8(3)10(6)13-16-9(5-15)19-17-13/h5,15H2,1-4H3. The summed E-state index contributed by atoms with van der Waals surface area (Å²) in [6.45, 7) is 6.06. The van der Waals surface area contributed by atoms with E-state index in [1.807, 2.05) is 20.8 Å². The van der Waals surface area contributed by atoms with Gasteiger partial charge in [0.05, 0.1) is 18.7 Å². The van der Waals surface area contributed by atoms with Crippen LogP contribution in [0.15, 0.2) is 4.52 Å². The predicted molar refractivity (Wildman–Crippen MR) is 73.4 cm³/mol. The first kappa shape index (κ1) is 13.8. The number of aromatic nitrogens is 2. The van der Waals surface area contributed by atoms with Crippen molar-refractivity contribution in [1.82, 2.24) is 10.1 Å². The van der Waals surface area contributed by atoms with E-state index in [0.29, 0.717) is 22.5 Å². The summed E-state index contributed by atoms with van der Waals surface area (Å²) < 4.78 is 10.4. The summed E-state index contributed by atoms with van der Waals surface area (Å²) in [4.78, 5) is 4.26. The molecule has 0 unspecified atom stereocenters. The molecule has 102 valence electrons. The van der Waals surface area contributed by atoms with Gasteiger partial charge in [-0.3, -0.25) is 0 Å². The Balaban J connectivity index is 2.70. The Bertz CT molecular complexity index is 594. The number of hydrogen-bond donors (Lipinski definition) is 1. The summed E-state index contributed by atoms with van der Waals surface area (Å²) in [5, 5.41) is 4.52. The summed E-state index contributed by atoms with van der Waals surface area (Å²) in [6.07, 6.45) is 0. The second-order valence-electron chi connectivity index (χ2n) is 4.31. The first-order valence-electron chi connectivity index (χ1n) is 5.87. The van der Waals surface area contributed by atoms with Gasteiger partial charge in [-0.05, 0) is 37.5 Å². The fourth-order valence-corrected chi connectivity index (χ4v) is 2.41. The molecule has 0 saturated carbocycles. The van der Waals surface area contributed by atoms with Gasteiger partial charge in [0, 0.05) is 5.56 Å². The lowest BCUT2D eigenvalue weighted by atomic mass is 9.96. The number of benzene rings is 1. The van der Waals surface area contributed by atoms with Crippen molar-refractivity contribution in [3.8, 4) is 17.1 Å². The molecule has 0 saturated heterocycles. The van der Waals surface area contributed by atoms with Crippen molar-refractivity contribution in [2.75, 3.05) is 7.11 Å². The summed E-state index contributed by atoms with van der Waals surface area (Å²) in [6, 6.07) is 0. The molecule has 0 fully saturated rings. The van der Waals surface area contributed by atoms with Gasteiger partial charge in [-0.25, -0.2) is 0 Å². The quantitative estimate of drug-likeness (QED) is 0.936. The topological polar surface area (TPSA) is 74.2 Å². The summed E-state index contributed by atoms with van der Waals surface area (Å²) in [5.41, 5.74) is 9.20. The van der Waals surface area contributed by atoms with Gasteiger partial charge in [-0.1, -0.05) is 16.8 Å². The van der Waals surface area contributed by atoms with Crippen LogP contribution < -0.4 is 10.5 Å². The Hall–Kier alpha value is -1.59. The minimum absolute atomic E-state index is 0.216. The Labute approximate surface area is 116 Å². The van der Waals surface area contributed by atoms with E-state index in [1.165, 1.54) is 0 Å². The zero-order chi connectivity index (χ0) is 14.2. The molecule has 0 aliphatic carbocycles. The molecule has 2 rings (SSSR count). The molecule has 0 radical (unpaired) electrons. The average Bonchev–Trinajstić information content (AvgIpc) is 2.86. The van der Waals surface area contributed by atoms with E-state index < -0.39 is 0 Å². The molecule has 6 heteroatoms. The van der Waals surface area contributed by atoms with Crippen molar-refractivity contribution in [2.45, 2.75) is 27.3 Å². The van der Waals surface area contributed by atoms with Crippen LogP contribution in [0.2, 0.25) is 5.02 Å². The van der Waals surface area contributed by atoms with Crippen molar-refractivity contribution < 1.29 is 9.26 Å². The Morgan fingerprint density at radius 1 is 1.21 bits per heavy atom. The van der Waals surface area contributed by atoms with Crippen LogP contribution in [0.4, 0.5) is 0 Å². The number of ether oxygens (including phenoxy) is 1. The number of hydrogen-bond acceptors (Lipinski definition) is 5. The number of nitrogens with zero attached hydrogens (tertiary/aromatic N) is 2. The second-order valence-corrected chi connectivity index (χ2v) is 4.69. The molecule has 1 aromatic carbocycles. The molecule has 2 aromatic rings. The van der Waals surface area contributed by atoms with Crippen LogP contribution in [0.25, 0.3) is 11.4 Å². The molecule has 0 aliphatic rings. The van der Waals surface area contributed by atoms with E-state index >= 15 is 0 Å². The molecule has 2 N–H and O–H groups in total. The van der Waals surface area contributed by atoms with Crippen molar-refractivity contribution in [2.24, 2.45) is 5.73 Å². The summed E-state index contributed by atoms with van der Waals surface area (Å²) >= 11 is 6.33. The third-order valence-electron chi connectivity index (χ3n) is 3.25. The van der Waals surface area contributed by atoms with Crippen LogP contribution in [0.1, 0.15) is 22.6 Å². The maximum atomic E-state index is 6.33. The molecule has 0 atom stereocenters. The normalized spacial score (nSPS) is 10.8. The van der Waals surface area contributed by atoms with Gasteiger partial charge in [-0.2, -0.15) is 4.98 Å². The lowest BCUT2D eigenvalue weighted by molar-refractivity contribution is 0.380. The number of halogens is 1. The van der Waals surface area contributed by atoms with Crippen LogP contribution in [0.5, 0.6) is 5.75 Å². The third-order valence-corrected chi connectivity index (χ3v) is 3.71. The molecule has 1 heterocycles. The molecule has 0 aliphatic heterocycles. The van der Waals surface area contributed by atoms with Crippen LogP contribution >= 0.6 is 11.6 Å². The third kappa shape index (κ3) is 2.19. The summed E-state index contributed by atoms with van der Waals surface area (Å²) in [5.74, 6) is 1.59. The number of rotatable bonds is 3. The van der Waals surface area contributed by atoms with Crippen LogP contribution in [-0.2, 0) is 6.54 Å². The largest absolute Gasteiger partial charge is 0.495 e. The predicted octanol–water partition coefficient (Wildman–Crippen LogP) is 2.78. The zero-order valence-corrected chi connectivity index (χ0v) is 12.1. The first-order valence-corrected chi connectivity index (χ1v) is 6.25. The van der Waals surface area contributed by atoms with E-state index in [1.54, 1.807) is 7.11 Å². The lowest BCUT2D eigenvalue weighted by Crippen LogP contribution is -2.00. The van der Waals surface area contributed by atoms with E-state index in [9.17, 15) is 0 Å². The Morgan fingerprint density at radius 3 is 2.42 bits per heavy atom. The minimum atomic E-state index is 0.216. The first-order chi connectivity index (χ1) is 9.01. The van der Waals surface area contributed by atoms with E-state index in [2.05, 4.69) is 10.1 Å². The van der Waals surface area contributed by atoms with Gasteiger partial charge in [0.15, 0.2) is 0 Å². The van der Waals surface area contributed by atoms with Crippen molar-refractivity contribution >= 4 is 11.6 Å². The average molecular weight is 282 g/mol. The van der Waals surface area contributed by atoms with Gasteiger partial charge in [-0.15, -0.1) is 0 Å². The molecular weight excluding hydrogens is 266 g/mol. The highest BCUT2D eigenvalue weighted by atomic mass is 35.5. The molecular formula is C13H16ClN3O2. The van der Waals surface area contributed by atoms with Gasteiger partial charge < -0.3 is 15.0 Å². The van der Waals surface area contributed by atoms with Crippen LogP contribution in [0.3, 0.4) is 0 Å². The van der Waals surface area contributed by atoms with E-state index in [0.717, 1.165) is 22.3 Å². The maximum Gasteiger partial charge on any atom is 0.240 e. The highest BCUT2D eigenvalue weighted by Crippen LogP contribution is 2.40. The highest BCUT2D eigenvalue weighted by molar-refractivity contribution is 6.33.